The molecule has 1 aromatic heterocycles. The van der Waals surface area contributed by atoms with Gasteiger partial charge in [-0.1, -0.05) is 11.6 Å². The highest BCUT2D eigenvalue weighted by Gasteiger charge is 2.32. The van der Waals surface area contributed by atoms with Crippen LogP contribution < -0.4 is 10.2 Å². The first kappa shape index (κ1) is 19.1. The molecule has 2 fully saturated rings. The van der Waals surface area contributed by atoms with Crippen LogP contribution in [0.25, 0.3) is 0 Å². The number of hydrogen-bond donors (Lipinski definition) is 2. The van der Waals surface area contributed by atoms with Crippen molar-refractivity contribution in [1.82, 2.24) is 9.62 Å². The predicted octanol–water partition coefficient (Wildman–Crippen LogP) is -0.414. The van der Waals surface area contributed by atoms with E-state index in [1.807, 2.05) is 0 Å². The molecule has 0 saturated carbocycles. The van der Waals surface area contributed by atoms with Crippen molar-refractivity contribution in [2.45, 2.75) is 23.2 Å². The fraction of sp³-hybridized carbons (Fsp3) is 0.667. The summed E-state index contributed by atoms with van der Waals surface area (Å²) in [4.78, 5) is 13.1. The van der Waals surface area contributed by atoms with E-state index >= 15 is 0 Å². The maximum atomic E-state index is 12.6. The van der Waals surface area contributed by atoms with E-state index in [4.69, 9.17) is 16.3 Å². The van der Waals surface area contributed by atoms with E-state index in [1.54, 1.807) is 12.1 Å². The number of halogens is 1. The summed E-state index contributed by atoms with van der Waals surface area (Å²) < 4.78 is 32.8. The fourth-order valence-electron chi connectivity index (χ4n) is 3.11. The van der Waals surface area contributed by atoms with Crippen molar-refractivity contribution in [3.8, 4) is 0 Å². The van der Waals surface area contributed by atoms with E-state index in [0.29, 0.717) is 43.6 Å². The lowest BCUT2D eigenvalue weighted by Gasteiger charge is -2.30. The molecule has 7 nitrogen and oxygen atoms in total. The van der Waals surface area contributed by atoms with Gasteiger partial charge in [0.2, 0.25) is 0 Å². The standard InChI is InChI=1S/C15H22ClN3O4S2/c16-13-3-4-15(24-13)25(21,22)19-7-5-18(6-8-19)11-14(20)17-10-12-2-1-9-23-12/h3-4,12H,1-2,5-11H2,(H,17,20)/p+1/t12-/m0/s1. The van der Waals surface area contributed by atoms with Gasteiger partial charge in [0.1, 0.15) is 4.21 Å². The van der Waals surface area contributed by atoms with Crippen molar-refractivity contribution in [3.05, 3.63) is 16.5 Å². The fourth-order valence-corrected chi connectivity index (χ4v) is 6.18. The zero-order chi connectivity index (χ0) is 17.9. The molecule has 0 aromatic carbocycles. The van der Waals surface area contributed by atoms with E-state index in [2.05, 4.69) is 5.32 Å². The first-order chi connectivity index (χ1) is 11.9. The highest BCUT2D eigenvalue weighted by Crippen LogP contribution is 2.27. The van der Waals surface area contributed by atoms with Gasteiger partial charge in [-0.15, -0.1) is 11.3 Å². The van der Waals surface area contributed by atoms with Gasteiger partial charge in [0.25, 0.3) is 15.9 Å². The van der Waals surface area contributed by atoms with E-state index in [-0.39, 0.29) is 16.2 Å². The van der Waals surface area contributed by atoms with Gasteiger partial charge in [-0.3, -0.25) is 4.79 Å². The number of rotatable bonds is 6. The van der Waals surface area contributed by atoms with Crippen LogP contribution in [0.15, 0.2) is 16.3 Å². The van der Waals surface area contributed by atoms with Crippen LogP contribution in [0.4, 0.5) is 0 Å². The molecule has 1 amide bonds. The quantitative estimate of drug-likeness (QED) is 0.670. The molecule has 2 saturated heterocycles. The molecule has 2 aliphatic rings. The monoisotopic (exact) mass is 408 g/mol. The third-order valence-electron chi connectivity index (χ3n) is 4.53. The molecule has 2 N–H and O–H groups in total. The van der Waals surface area contributed by atoms with Crippen LogP contribution in [0, 0.1) is 0 Å². The number of carbonyl (C=O) groups excluding carboxylic acids is 1. The minimum Gasteiger partial charge on any atom is -0.376 e. The van der Waals surface area contributed by atoms with Gasteiger partial charge in [0.05, 0.1) is 36.6 Å². The summed E-state index contributed by atoms with van der Waals surface area (Å²) >= 11 is 6.91. The Bertz CT molecular complexity index is 695. The normalized spacial score (nSPS) is 23.0. The van der Waals surface area contributed by atoms with Gasteiger partial charge >= 0.3 is 0 Å². The van der Waals surface area contributed by atoms with Crippen molar-refractivity contribution < 1.29 is 22.8 Å². The molecule has 1 atom stereocenters. The molecule has 2 aliphatic heterocycles. The highest BCUT2D eigenvalue weighted by atomic mass is 35.5. The Labute approximate surface area is 156 Å². The molecule has 3 heterocycles. The summed E-state index contributed by atoms with van der Waals surface area (Å²) in [5.41, 5.74) is 0. The molecule has 25 heavy (non-hydrogen) atoms. The van der Waals surface area contributed by atoms with Crippen molar-refractivity contribution in [2.75, 3.05) is 45.9 Å². The van der Waals surface area contributed by atoms with E-state index < -0.39 is 10.0 Å². The molecule has 0 spiro atoms. The Kier molecular flexibility index (Phi) is 6.35. The summed E-state index contributed by atoms with van der Waals surface area (Å²) in [5, 5.41) is 2.91. The summed E-state index contributed by atoms with van der Waals surface area (Å²) in [7, 11) is -3.48. The van der Waals surface area contributed by atoms with Gasteiger partial charge in [0.15, 0.2) is 6.54 Å². The number of ether oxygens (including phenoxy) is 1. The number of thiophene rings is 1. The first-order valence-corrected chi connectivity index (χ1v) is 11.1. The molecule has 3 rings (SSSR count). The number of amides is 1. The molecule has 10 heteroatoms. The van der Waals surface area contributed by atoms with Crippen LogP contribution in [0.1, 0.15) is 12.8 Å². The lowest BCUT2D eigenvalue weighted by atomic mass is 10.2. The smallest absolute Gasteiger partial charge is 0.275 e. The lowest BCUT2D eigenvalue weighted by molar-refractivity contribution is -0.895. The summed E-state index contributed by atoms with van der Waals surface area (Å²) in [6.07, 6.45) is 2.19. The Morgan fingerprint density at radius 3 is 2.76 bits per heavy atom. The second-order valence-corrected chi connectivity index (χ2v) is 10.2. The zero-order valence-corrected chi connectivity index (χ0v) is 16.3. The number of hydrogen-bond acceptors (Lipinski definition) is 5. The molecule has 140 valence electrons. The maximum absolute atomic E-state index is 12.6. The molecule has 0 unspecified atom stereocenters. The van der Waals surface area contributed by atoms with Crippen LogP contribution >= 0.6 is 22.9 Å². The summed E-state index contributed by atoms with van der Waals surface area (Å²) in [6, 6.07) is 3.14. The SMILES string of the molecule is O=C(C[NH+]1CCN(S(=O)(=O)c2ccc(Cl)s2)CC1)NC[C@@H]1CCCO1. The number of carbonyl (C=O) groups is 1. The third kappa shape index (κ3) is 4.93. The third-order valence-corrected chi connectivity index (χ3v) is 8.13. The van der Waals surface area contributed by atoms with Crippen molar-refractivity contribution in [1.29, 1.82) is 0 Å². The molecule has 1 aromatic rings. The van der Waals surface area contributed by atoms with Gasteiger partial charge in [0, 0.05) is 13.2 Å². The van der Waals surface area contributed by atoms with Crippen LogP contribution in [0.5, 0.6) is 0 Å². The average molecular weight is 409 g/mol. The van der Waals surface area contributed by atoms with Crippen molar-refractivity contribution in [2.24, 2.45) is 0 Å². The predicted molar refractivity (Wildman–Crippen MR) is 95.6 cm³/mol. The molecule has 0 bridgehead atoms. The molecular formula is C15H23ClN3O4S2+. The molecule has 0 aliphatic carbocycles. The number of piperazine rings is 1. The summed E-state index contributed by atoms with van der Waals surface area (Å²) in [5.74, 6) is -0.00755. The van der Waals surface area contributed by atoms with Gasteiger partial charge in [-0.25, -0.2) is 8.42 Å². The molecule has 0 radical (unpaired) electrons. The lowest BCUT2D eigenvalue weighted by Crippen LogP contribution is -3.15. The minimum absolute atomic E-state index is 0.00755. The van der Waals surface area contributed by atoms with Crippen LogP contribution in [0.3, 0.4) is 0 Å². The van der Waals surface area contributed by atoms with Crippen LogP contribution in [-0.4, -0.2) is 70.6 Å². The second-order valence-electron chi connectivity index (χ2n) is 6.33. The Morgan fingerprint density at radius 2 is 2.16 bits per heavy atom. The molecular weight excluding hydrogens is 386 g/mol. The Balaban J connectivity index is 1.44. The van der Waals surface area contributed by atoms with Gasteiger partial charge in [-0.05, 0) is 25.0 Å². The number of sulfonamides is 1. The zero-order valence-electron chi connectivity index (χ0n) is 13.9. The Morgan fingerprint density at radius 1 is 1.40 bits per heavy atom. The van der Waals surface area contributed by atoms with E-state index in [0.717, 1.165) is 35.7 Å². The van der Waals surface area contributed by atoms with Gasteiger partial charge in [-0.2, -0.15) is 4.31 Å². The highest BCUT2D eigenvalue weighted by molar-refractivity contribution is 7.91. The number of quaternary nitrogens is 1. The second kappa shape index (κ2) is 8.32. The number of nitrogens with zero attached hydrogens (tertiary/aromatic N) is 1. The average Bonchev–Trinajstić information content (AvgIpc) is 3.25. The van der Waals surface area contributed by atoms with Crippen molar-refractivity contribution >= 4 is 38.9 Å². The van der Waals surface area contributed by atoms with Gasteiger partial charge < -0.3 is 15.0 Å². The van der Waals surface area contributed by atoms with E-state index in [1.165, 1.54) is 4.31 Å². The maximum Gasteiger partial charge on any atom is 0.275 e. The minimum atomic E-state index is -3.48. The van der Waals surface area contributed by atoms with Crippen LogP contribution in [-0.2, 0) is 19.6 Å². The van der Waals surface area contributed by atoms with Crippen molar-refractivity contribution in [3.63, 3.8) is 0 Å². The topological polar surface area (TPSA) is 80.2 Å². The number of nitrogens with one attached hydrogen (secondary N) is 2. The first-order valence-electron chi connectivity index (χ1n) is 8.42. The Hall–Kier alpha value is -0.710. The summed E-state index contributed by atoms with van der Waals surface area (Å²) in [6.45, 7) is 3.75. The van der Waals surface area contributed by atoms with E-state index in [9.17, 15) is 13.2 Å². The van der Waals surface area contributed by atoms with Crippen LogP contribution in [0.2, 0.25) is 4.34 Å². The largest absolute Gasteiger partial charge is 0.376 e.